The second kappa shape index (κ2) is 9.84. The van der Waals surface area contributed by atoms with Crippen molar-refractivity contribution in [2.24, 2.45) is 0 Å². The highest BCUT2D eigenvalue weighted by Crippen LogP contribution is 2.21. The molecule has 0 radical (unpaired) electrons. The zero-order chi connectivity index (χ0) is 20.7. The minimum absolute atomic E-state index is 0.0179. The first-order valence-electron chi connectivity index (χ1n) is 9.62. The molecule has 6 nitrogen and oxygen atoms in total. The van der Waals surface area contributed by atoms with Gasteiger partial charge < -0.3 is 9.47 Å². The lowest BCUT2D eigenvalue weighted by atomic mass is 10.2. The maximum Gasteiger partial charge on any atom is 0.338 e. The monoisotopic (exact) mass is 421 g/mol. The smallest absolute Gasteiger partial charge is 0.338 e. The number of ether oxygens (including phenoxy) is 2. The fourth-order valence-corrected chi connectivity index (χ4v) is 4.62. The first-order chi connectivity index (χ1) is 14.0. The summed E-state index contributed by atoms with van der Waals surface area (Å²) in [7, 11) is -3.55. The van der Waals surface area contributed by atoms with Gasteiger partial charge in [-0.05, 0) is 61.4 Å². The second-order valence-electron chi connectivity index (χ2n) is 6.78. The lowest BCUT2D eigenvalue weighted by Crippen LogP contribution is -2.31. The topological polar surface area (TPSA) is 72.9 Å². The van der Waals surface area contributed by atoms with Crippen molar-refractivity contribution in [2.75, 3.05) is 26.3 Å². The van der Waals surface area contributed by atoms with E-state index in [1.165, 1.54) is 52.8 Å². The van der Waals surface area contributed by atoms with Gasteiger partial charge in [0.1, 0.15) is 24.8 Å². The quantitative estimate of drug-likeness (QED) is 0.504. The van der Waals surface area contributed by atoms with E-state index in [4.69, 9.17) is 9.47 Å². The third kappa shape index (κ3) is 5.77. The van der Waals surface area contributed by atoms with E-state index in [9.17, 15) is 17.6 Å². The van der Waals surface area contributed by atoms with Gasteiger partial charge in [-0.1, -0.05) is 12.8 Å². The number of sulfonamides is 1. The summed E-state index contributed by atoms with van der Waals surface area (Å²) >= 11 is 0. The molecular weight excluding hydrogens is 397 g/mol. The number of benzene rings is 2. The van der Waals surface area contributed by atoms with E-state index in [-0.39, 0.29) is 29.5 Å². The van der Waals surface area contributed by atoms with Crippen LogP contribution in [0.4, 0.5) is 4.39 Å². The van der Waals surface area contributed by atoms with Crippen molar-refractivity contribution in [3.05, 3.63) is 59.9 Å². The van der Waals surface area contributed by atoms with Gasteiger partial charge in [-0.25, -0.2) is 17.6 Å². The molecule has 0 saturated carbocycles. The minimum Gasteiger partial charge on any atom is -0.490 e. The molecule has 8 heteroatoms. The zero-order valence-corrected chi connectivity index (χ0v) is 16.9. The van der Waals surface area contributed by atoms with Crippen LogP contribution in [0.5, 0.6) is 5.75 Å². The van der Waals surface area contributed by atoms with Crippen LogP contribution in [0.2, 0.25) is 0 Å². The van der Waals surface area contributed by atoms with E-state index in [1.807, 2.05) is 0 Å². The van der Waals surface area contributed by atoms with Crippen LogP contribution in [-0.2, 0) is 14.8 Å². The summed E-state index contributed by atoms with van der Waals surface area (Å²) in [5.74, 6) is -0.443. The molecule has 1 saturated heterocycles. The van der Waals surface area contributed by atoms with Crippen molar-refractivity contribution in [3.8, 4) is 5.75 Å². The standard InChI is InChI=1S/C21H24FNO5S/c22-18-7-9-19(10-8-18)27-15-16-28-21(24)17-5-11-20(12-6-17)29(25,26)23-13-3-1-2-4-14-23/h5-12H,1-4,13-16H2. The Morgan fingerprint density at radius 2 is 1.52 bits per heavy atom. The number of hydrogen-bond donors (Lipinski definition) is 0. The van der Waals surface area contributed by atoms with Crippen LogP contribution in [0, 0.1) is 5.82 Å². The van der Waals surface area contributed by atoms with E-state index in [2.05, 4.69) is 0 Å². The number of carbonyl (C=O) groups excluding carboxylic acids is 1. The Kier molecular flexibility index (Phi) is 7.22. The molecule has 0 spiro atoms. The molecule has 0 atom stereocenters. The highest BCUT2D eigenvalue weighted by Gasteiger charge is 2.25. The molecule has 29 heavy (non-hydrogen) atoms. The molecule has 2 aromatic carbocycles. The van der Waals surface area contributed by atoms with Crippen molar-refractivity contribution in [2.45, 2.75) is 30.6 Å². The van der Waals surface area contributed by atoms with Crippen LogP contribution in [0.1, 0.15) is 36.0 Å². The third-order valence-corrected chi connectivity index (χ3v) is 6.60. The van der Waals surface area contributed by atoms with E-state index in [1.54, 1.807) is 0 Å². The molecule has 1 fully saturated rings. The fourth-order valence-electron chi connectivity index (χ4n) is 3.10. The first kappa shape index (κ1) is 21.3. The Labute approximate surface area is 170 Å². The van der Waals surface area contributed by atoms with Crippen molar-refractivity contribution in [3.63, 3.8) is 0 Å². The summed E-state index contributed by atoms with van der Waals surface area (Å²) in [5.41, 5.74) is 0.265. The Balaban J connectivity index is 1.52. The molecule has 1 aliphatic rings. The average Bonchev–Trinajstić information content (AvgIpc) is 3.03. The van der Waals surface area contributed by atoms with Gasteiger partial charge in [0.2, 0.25) is 10.0 Å². The Morgan fingerprint density at radius 1 is 0.897 bits per heavy atom. The largest absolute Gasteiger partial charge is 0.490 e. The molecule has 1 aliphatic heterocycles. The van der Waals surface area contributed by atoms with Gasteiger partial charge in [0.05, 0.1) is 10.5 Å². The van der Waals surface area contributed by atoms with Crippen molar-refractivity contribution in [1.29, 1.82) is 0 Å². The predicted octanol–water partition coefficient (Wildman–Crippen LogP) is 3.63. The number of esters is 1. The van der Waals surface area contributed by atoms with E-state index in [0.717, 1.165) is 25.7 Å². The molecule has 0 N–H and O–H groups in total. The van der Waals surface area contributed by atoms with Crippen LogP contribution in [-0.4, -0.2) is 45.0 Å². The van der Waals surface area contributed by atoms with Crippen LogP contribution < -0.4 is 4.74 Å². The van der Waals surface area contributed by atoms with Gasteiger partial charge >= 0.3 is 5.97 Å². The molecule has 0 unspecified atom stereocenters. The van der Waals surface area contributed by atoms with Crippen LogP contribution in [0.15, 0.2) is 53.4 Å². The average molecular weight is 421 g/mol. The first-order valence-corrected chi connectivity index (χ1v) is 11.1. The van der Waals surface area contributed by atoms with E-state index >= 15 is 0 Å². The normalized spacial score (nSPS) is 15.5. The number of carbonyl (C=O) groups is 1. The van der Waals surface area contributed by atoms with E-state index in [0.29, 0.717) is 18.8 Å². The molecule has 0 aliphatic carbocycles. The summed E-state index contributed by atoms with van der Waals surface area (Å²) in [6.07, 6.45) is 3.82. The lowest BCUT2D eigenvalue weighted by Gasteiger charge is -2.20. The van der Waals surface area contributed by atoms with Gasteiger partial charge in [0.25, 0.3) is 0 Å². The fraction of sp³-hybridized carbons (Fsp3) is 0.381. The third-order valence-electron chi connectivity index (χ3n) is 4.69. The summed E-state index contributed by atoms with van der Waals surface area (Å²) in [5, 5.41) is 0. The summed E-state index contributed by atoms with van der Waals surface area (Å²) < 4.78 is 50.4. The molecule has 0 bridgehead atoms. The molecule has 0 aromatic heterocycles. The Hall–Kier alpha value is -2.45. The number of rotatable bonds is 7. The second-order valence-corrected chi connectivity index (χ2v) is 8.72. The van der Waals surface area contributed by atoms with Crippen molar-refractivity contribution >= 4 is 16.0 Å². The van der Waals surface area contributed by atoms with Gasteiger partial charge in [-0.2, -0.15) is 4.31 Å². The van der Waals surface area contributed by atoms with Gasteiger partial charge in [-0.15, -0.1) is 0 Å². The van der Waals surface area contributed by atoms with Gasteiger partial charge in [0, 0.05) is 13.1 Å². The number of hydrogen-bond acceptors (Lipinski definition) is 5. The molecule has 3 rings (SSSR count). The maximum atomic E-state index is 12.8. The predicted molar refractivity (Wildman–Crippen MR) is 106 cm³/mol. The maximum absolute atomic E-state index is 12.8. The SMILES string of the molecule is O=C(OCCOc1ccc(F)cc1)c1ccc(S(=O)(=O)N2CCCCCC2)cc1. The highest BCUT2D eigenvalue weighted by atomic mass is 32.2. The van der Waals surface area contributed by atoms with Crippen LogP contribution >= 0.6 is 0 Å². The van der Waals surface area contributed by atoms with Crippen LogP contribution in [0.25, 0.3) is 0 Å². The lowest BCUT2D eigenvalue weighted by molar-refractivity contribution is 0.0450. The van der Waals surface area contributed by atoms with Crippen molar-refractivity contribution < 1.29 is 27.1 Å². The van der Waals surface area contributed by atoms with Crippen LogP contribution in [0.3, 0.4) is 0 Å². The van der Waals surface area contributed by atoms with E-state index < -0.39 is 16.0 Å². The number of nitrogens with zero attached hydrogens (tertiary/aromatic N) is 1. The molecular formula is C21H24FNO5S. The molecule has 2 aromatic rings. The zero-order valence-electron chi connectivity index (χ0n) is 16.1. The summed E-state index contributed by atoms with van der Waals surface area (Å²) in [4.78, 5) is 12.3. The Morgan fingerprint density at radius 3 is 2.14 bits per heavy atom. The van der Waals surface area contributed by atoms with Crippen molar-refractivity contribution in [1.82, 2.24) is 4.31 Å². The van der Waals surface area contributed by atoms with Gasteiger partial charge in [-0.3, -0.25) is 0 Å². The minimum atomic E-state index is -3.55. The summed E-state index contributed by atoms with van der Waals surface area (Å²) in [6, 6.07) is 11.3. The van der Waals surface area contributed by atoms with Gasteiger partial charge in [0.15, 0.2) is 0 Å². The molecule has 156 valence electrons. The molecule has 1 heterocycles. The highest BCUT2D eigenvalue weighted by molar-refractivity contribution is 7.89. The summed E-state index contributed by atoms with van der Waals surface area (Å²) in [6.45, 7) is 1.20. The number of halogens is 1. The molecule has 0 amide bonds. The Bertz CT molecular complexity index is 905.